The molecular weight excluding hydrogens is 288 g/mol. The molecule has 2 aromatic heterocycles. The van der Waals surface area contributed by atoms with Crippen molar-refractivity contribution in [3.8, 4) is 0 Å². The monoisotopic (exact) mass is 304 g/mol. The first-order chi connectivity index (χ1) is 10.3. The molecule has 1 saturated heterocycles. The molecule has 1 N–H and O–H groups in total. The minimum Gasteiger partial charge on any atom is -0.480 e. The molecule has 2 atom stereocenters. The van der Waals surface area contributed by atoms with Crippen molar-refractivity contribution in [2.75, 3.05) is 19.7 Å². The van der Waals surface area contributed by atoms with E-state index >= 15 is 0 Å². The second-order valence-electron chi connectivity index (χ2n) is 4.90. The largest absolute Gasteiger partial charge is 0.480 e. The summed E-state index contributed by atoms with van der Waals surface area (Å²) in [5.41, 5.74) is 0.705. The smallest absolute Gasteiger partial charge is 0.325 e. The zero-order valence-electron chi connectivity index (χ0n) is 11.4. The van der Waals surface area contributed by atoms with Crippen LogP contribution in [-0.4, -0.2) is 40.7 Å². The number of aliphatic carboxylic acids is 1. The quantitative estimate of drug-likeness (QED) is 0.939. The van der Waals surface area contributed by atoms with Gasteiger partial charge in [-0.2, -0.15) is 0 Å². The van der Waals surface area contributed by atoms with Gasteiger partial charge in [-0.15, -0.1) is 11.3 Å². The highest BCUT2D eigenvalue weighted by Gasteiger charge is 2.33. The van der Waals surface area contributed by atoms with Crippen LogP contribution in [0, 0.1) is 0 Å². The molecule has 0 saturated carbocycles. The molecule has 1 aliphatic heterocycles. The van der Waals surface area contributed by atoms with E-state index < -0.39 is 12.0 Å². The highest BCUT2D eigenvalue weighted by Crippen LogP contribution is 2.30. The Labute approximate surface area is 126 Å². The van der Waals surface area contributed by atoms with Gasteiger partial charge < -0.3 is 9.84 Å². The molecule has 6 heteroatoms. The Morgan fingerprint density at radius 3 is 3.05 bits per heavy atom. The van der Waals surface area contributed by atoms with Crippen molar-refractivity contribution in [3.05, 3.63) is 52.5 Å². The normalized spacial score (nSPS) is 21.0. The molecule has 110 valence electrons. The van der Waals surface area contributed by atoms with E-state index in [0.717, 1.165) is 4.88 Å². The number of aromatic nitrogens is 1. The predicted octanol–water partition coefficient (Wildman–Crippen LogP) is 2.34. The number of pyridine rings is 1. The third-order valence-corrected chi connectivity index (χ3v) is 4.52. The summed E-state index contributed by atoms with van der Waals surface area (Å²) in [5.74, 6) is -0.852. The number of nitrogens with zero attached hydrogens (tertiary/aromatic N) is 2. The molecule has 0 aromatic carbocycles. The van der Waals surface area contributed by atoms with Crippen molar-refractivity contribution >= 4 is 17.3 Å². The molecule has 5 nitrogen and oxygen atoms in total. The molecule has 1 fully saturated rings. The van der Waals surface area contributed by atoms with Crippen LogP contribution in [-0.2, 0) is 9.53 Å². The highest BCUT2D eigenvalue weighted by atomic mass is 32.1. The van der Waals surface area contributed by atoms with Gasteiger partial charge in [-0.25, -0.2) is 0 Å². The summed E-state index contributed by atoms with van der Waals surface area (Å²) in [6.07, 6.45) is 3.21. The van der Waals surface area contributed by atoms with E-state index in [1.165, 1.54) is 0 Å². The fourth-order valence-corrected chi connectivity index (χ4v) is 3.36. The fourth-order valence-electron chi connectivity index (χ4n) is 2.60. The minimum absolute atomic E-state index is 0.0581. The maximum absolute atomic E-state index is 11.7. The summed E-state index contributed by atoms with van der Waals surface area (Å²) in [5, 5.41) is 11.6. The van der Waals surface area contributed by atoms with Crippen molar-refractivity contribution in [1.29, 1.82) is 0 Å². The molecule has 2 aromatic rings. The summed E-state index contributed by atoms with van der Waals surface area (Å²) in [7, 11) is 0. The minimum atomic E-state index is -0.852. The van der Waals surface area contributed by atoms with Crippen LogP contribution < -0.4 is 0 Å². The first kappa shape index (κ1) is 14.2. The van der Waals surface area contributed by atoms with E-state index in [0.29, 0.717) is 25.3 Å². The van der Waals surface area contributed by atoms with E-state index in [9.17, 15) is 9.90 Å². The fraction of sp³-hybridized carbons (Fsp3) is 0.333. The average Bonchev–Trinajstić information content (AvgIpc) is 3.03. The molecule has 3 heterocycles. The lowest BCUT2D eigenvalue weighted by atomic mass is 10.1. The Morgan fingerprint density at radius 1 is 1.48 bits per heavy atom. The van der Waals surface area contributed by atoms with Crippen LogP contribution in [0.3, 0.4) is 0 Å². The Kier molecular flexibility index (Phi) is 4.28. The van der Waals surface area contributed by atoms with Gasteiger partial charge in [0, 0.05) is 30.4 Å². The van der Waals surface area contributed by atoms with Crippen LogP contribution in [0.2, 0.25) is 0 Å². The number of thiophene rings is 1. The van der Waals surface area contributed by atoms with Crippen LogP contribution in [0.4, 0.5) is 0 Å². The average molecular weight is 304 g/mol. The maximum Gasteiger partial charge on any atom is 0.325 e. The molecule has 2 unspecified atom stereocenters. The number of rotatable bonds is 4. The van der Waals surface area contributed by atoms with Crippen molar-refractivity contribution in [3.63, 3.8) is 0 Å². The van der Waals surface area contributed by atoms with Crippen molar-refractivity contribution < 1.29 is 14.6 Å². The third-order valence-electron chi connectivity index (χ3n) is 3.56. The van der Waals surface area contributed by atoms with Gasteiger partial charge in [0.25, 0.3) is 0 Å². The number of hydrogen-bond donors (Lipinski definition) is 1. The van der Waals surface area contributed by atoms with E-state index in [2.05, 4.69) is 4.98 Å². The second kappa shape index (κ2) is 6.34. The van der Waals surface area contributed by atoms with E-state index in [-0.39, 0.29) is 6.10 Å². The first-order valence-electron chi connectivity index (χ1n) is 6.77. The summed E-state index contributed by atoms with van der Waals surface area (Å²) < 4.78 is 5.78. The summed E-state index contributed by atoms with van der Waals surface area (Å²) in [6.45, 7) is 1.71. The van der Waals surface area contributed by atoms with E-state index in [1.807, 2.05) is 22.4 Å². The van der Waals surface area contributed by atoms with Gasteiger partial charge >= 0.3 is 5.97 Å². The van der Waals surface area contributed by atoms with Gasteiger partial charge in [0.15, 0.2) is 0 Å². The van der Waals surface area contributed by atoms with Crippen molar-refractivity contribution in [2.24, 2.45) is 0 Å². The lowest BCUT2D eigenvalue weighted by Gasteiger charge is -2.36. The molecule has 1 aliphatic rings. The standard InChI is InChI=1S/C15H16N2O3S/c18-15(19)14(11-3-1-5-16-9-11)17-6-7-20-12(10-17)13-4-2-8-21-13/h1-5,8-9,12,14H,6-7,10H2,(H,18,19). The van der Waals surface area contributed by atoms with Crippen LogP contribution in [0.5, 0.6) is 0 Å². The zero-order chi connectivity index (χ0) is 14.7. The molecule has 0 bridgehead atoms. The SMILES string of the molecule is O=C(O)C(c1cccnc1)N1CCOC(c2cccs2)C1. The third kappa shape index (κ3) is 3.12. The molecular formula is C15H16N2O3S. The van der Waals surface area contributed by atoms with Crippen molar-refractivity contribution in [2.45, 2.75) is 12.1 Å². The Morgan fingerprint density at radius 2 is 2.38 bits per heavy atom. The summed E-state index contributed by atoms with van der Waals surface area (Å²) in [4.78, 5) is 18.8. The first-order valence-corrected chi connectivity index (χ1v) is 7.65. The van der Waals surface area contributed by atoms with Crippen LogP contribution in [0.1, 0.15) is 22.6 Å². The maximum atomic E-state index is 11.7. The van der Waals surface area contributed by atoms with Gasteiger partial charge in [-0.05, 0) is 23.1 Å². The van der Waals surface area contributed by atoms with E-state index in [4.69, 9.17) is 4.74 Å². The lowest BCUT2D eigenvalue weighted by Crippen LogP contribution is -2.43. The zero-order valence-corrected chi connectivity index (χ0v) is 12.2. The van der Waals surface area contributed by atoms with Crippen LogP contribution in [0.15, 0.2) is 42.0 Å². The number of morpholine rings is 1. The topological polar surface area (TPSA) is 62.7 Å². The van der Waals surface area contributed by atoms with Gasteiger partial charge in [-0.1, -0.05) is 12.1 Å². The Bertz CT molecular complexity index is 588. The second-order valence-corrected chi connectivity index (χ2v) is 5.88. The van der Waals surface area contributed by atoms with Crippen LogP contribution in [0.25, 0.3) is 0 Å². The van der Waals surface area contributed by atoms with E-state index in [1.54, 1.807) is 35.9 Å². The van der Waals surface area contributed by atoms with Crippen molar-refractivity contribution in [1.82, 2.24) is 9.88 Å². The predicted molar refractivity (Wildman–Crippen MR) is 79.2 cm³/mol. The number of carboxylic acid groups (broad SMARTS) is 1. The summed E-state index contributed by atoms with van der Waals surface area (Å²) in [6, 6.07) is 6.91. The molecule has 0 spiro atoms. The van der Waals surface area contributed by atoms with Gasteiger partial charge in [0.2, 0.25) is 0 Å². The highest BCUT2D eigenvalue weighted by molar-refractivity contribution is 7.10. The Hall–Kier alpha value is -1.76. The molecule has 0 radical (unpaired) electrons. The molecule has 0 amide bonds. The molecule has 3 rings (SSSR count). The molecule has 0 aliphatic carbocycles. The van der Waals surface area contributed by atoms with Crippen LogP contribution >= 0.6 is 11.3 Å². The van der Waals surface area contributed by atoms with Gasteiger partial charge in [0.1, 0.15) is 12.1 Å². The van der Waals surface area contributed by atoms with Gasteiger partial charge in [-0.3, -0.25) is 14.7 Å². The number of carbonyl (C=O) groups is 1. The number of hydrogen-bond acceptors (Lipinski definition) is 5. The molecule has 21 heavy (non-hydrogen) atoms. The number of ether oxygens (including phenoxy) is 1. The number of carboxylic acids is 1. The van der Waals surface area contributed by atoms with Gasteiger partial charge in [0.05, 0.1) is 6.61 Å². The Balaban J connectivity index is 1.81. The lowest BCUT2D eigenvalue weighted by molar-refractivity contribution is -0.147. The summed E-state index contributed by atoms with van der Waals surface area (Å²) >= 11 is 1.64.